The number of amides is 2. The third kappa shape index (κ3) is 11.0. The molecule has 0 fully saturated rings. The number of likely N-dealkylation sites (N-methyl/N-ethyl adjacent to an activating group) is 1. The van der Waals surface area contributed by atoms with Gasteiger partial charge in [0.1, 0.15) is 0 Å². The van der Waals surface area contributed by atoms with Gasteiger partial charge >= 0.3 is 18.2 Å². The van der Waals surface area contributed by atoms with Gasteiger partial charge in [0.05, 0.1) is 12.1 Å². The molecule has 2 amide bonds. The van der Waals surface area contributed by atoms with E-state index in [-0.39, 0.29) is 24.1 Å². The van der Waals surface area contributed by atoms with Gasteiger partial charge in [-0.15, -0.1) is 10.2 Å². The maximum atomic E-state index is 12.6. The maximum Gasteiger partial charge on any atom is 0.416 e. The molecule has 11 nitrogen and oxygen atoms in total. The molecule has 0 aliphatic carbocycles. The van der Waals surface area contributed by atoms with Crippen LogP contribution in [-0.4, -0.2) is 61.2 Å². The molecule has 2 rings (SSSR count). The summed E-state index contributed by atoms with van der Waals surface area (Å²) in [7, 11) is 0. The molecule has 0 unspecified atom stereocenters. The molecular formula is C22H29F3N6O5. The van der Waals surface area contributed by atoms with Crippen LogP contribution < -0.4 is 5.32 Å². The number of anilines is 1. The fourth-order valence-corrected chi connectivity index (χ4v) is 2.78. The number of allylic oxidation sites excluding steroid dienone is 1. The molecular weight excluding hydrogens is 485 g/mol. The highest BCUT2D eigenvalue weighted by Gasteiger charge is 2.30. The lowest BCUT2D eigenvalue weighted by Crippen LogP contribution is -2.41. The van der Waals surface area contributed by atoms with Crippen molar-refractivity contribution in [2.45, 2.75) is 52.9 Å². The second-order valence-electron chi connectivity index (χ2n) is 7.74. The van der Waals surface area contributed by atoms with Crippen molar-refractivity contribution in [2.24, 2.45) is 5.92 Å². The van der Waals surface area contributed by atoms with Crippen LogP contribution in [0.2, 0.25) is 0 Å². The van der Waals surface area contributed by atoms with Gasteiger partial charge in [-0.25, -0.2) is 9.59 Å². The van der Waals surface area contributed by atoms with Gasteiger partial charge in [0.2, 0.25) is 0 Å². The zero-order chi connectivity index (χ0) is 27.3. The summed E-state index contributed by atoms with van der Waals surface area (Å²) in [5, 5.41) is 23.7. The molecule has 0 aliphatic heterocycles. The molecule has 0 radical (unpaired) electrons. The van der Waals surface area contributed by atoms with Gasteiger partial charge in [-0.05, 0) is 50.5 Å². The summed E-state index contributed by atoms with van der Waals surface area (Å²) in [5.41, 5.74) is -0.709. The molecule has 1 aromatic heterocycles. The molecule has 198 valence electrons. The van der Waals surface area contributed by atoms with Crippen LogP contribution in [0.4, 0.5) is 23.7 Å². The van der Waals surface area contributed by atoms with E-state index in [4.69, 9.17) is 9.84 Å². The Hall–Kier alpha value is -3.97. The molecule has 14 heteroatoms. The number of alkyl halides is 3. The van der Waals surface area contributed by atoms with Crippen molar-refractivity contribution < 1.29 is 37.4 Å². The average molecular weight is 515 g/mol. The number of hydrogen-bond donors (Lipinski definition) is 3. The lowest BCUT2D eigenvalue weighted by Gasteiger charge is -2.25. The molecule has 0 saturated carbocycles. The minimum Gasteiger partial charge on any atom is -0.465 e. The number of carbonyl (C=O) groups excluding carboxylic acids is 2. The van der Waals surface area contributed by atoms with Crippen LogP contribution in [0.15, 0.2) is 36.4 Å². The SMILES string of the molecule is CC=CC(=O)O[C@@H](CC(C)C)C(=O)N(CC)Cc1nn[nH]n1.O=C(O)Nc1ccc(C(F)(F)F)cc1. The topological polar surface area (TPSA) is 150 Å². The standard InChI is InChI=1S/C14H23N5O3.C8H6F3NO2/c1-5-7-13(20)22-11(8-10(3)4)14(21)19(6-2)9-12-15-17-18-16-12;9-8(10,11)5-1-3-6(4-2-5)12-7(13)14/h5,7,10-11H,6,8-9H2,1-4H3,(H,15,16,17,18);1-4,12H,(H,13,14)/t11-;/m0./s1. The number of aromatic amines is 1. The van der Waals surface area contributed by atoms with Crippen LogP contribution in [0.25, 0.3) is 0 Å². The first-order chi connectivity index (χ1) is 16.9. The van der Waals surface area contributed by atoms with Crippen molar-refractivity contribution in [3.8, 4) is 0 Å². The largest absolute Gasteiger partial charge is 0.465 e. The second-order valence-corrected chi connectivity index (χ2v) is 7.74. The van der Waals surface area contributed by atoms with Gasteiger partial charge in [-0.1, -0.05) is 25.1 Å². The third-order valence-corrected chi connectivity index (χ3v) is 4.40. The van der Waals surface area contributed by atoms with Crippen molar-refractivity contribution in [3.63, 3.8) is 0 Å². The number of hydrogen-bond acceptors (Lipinski definition) is 7. The summed E-state index contributed by atoms with van der Waals surface area (Å²) in [6.07, 6.45) is -3.18. The van der Waals surface area contributed by atoms with Gasteiger partial charge in [-0.2, -0.15) is 18.4 Å². The number of aromatic nitrogens is 4. The number of nitrogens with zero attached hydrogens (tertiary/aromatic N) is 4. The highest BCUT2D eigenvalue weighted by atomic mass is 19.4. The minimum atomic E-state index is -4.40. The van der Waals surface area contributed by atoms with E-state index >= 15 is 0 Å². The Balaban J connectivity index is 0.000000397. The average Bonchev–Trinajstić information content (AvgIpc) is 3.29. The Kier molecular flexibility index (Phi) is 12.1. The molecule has 2 aromatic rings. The van der Waals surface area contributed by atoms with Crippen molar-refractivity contribution >= 4 is 23.7 Å². The summed E-state index contributed by atoms with van der Waals surface area (Å²) >= 11 is 0. The number of carboxylic acid groups (broad SMARTS) is 1. The summed E-state index contributed by atoms with van der Waals surface area (Å²) < 4.78 is 41.4. The first kappa shape index (κ1) is 30.1. The second kappa shape index (κ2) is 14.4. The Labute approximate surface area is 205 Å². The van der Waals surface area contributed by atoms with E-state index < -0.39 is 29.9 Å². The molecule has 1 heterocycles. The fourth-order valence-electron chi connectivity index (χ4n) is 2.78. The fraction of sp³-hybridized carbons (Fsp3) is 0.455. The first-order valence-electron chi connectivity index (χ1n) is 10.9. The number of nitrogens with one attached hydrogen (secondary N) is 2. The van der Waals surface area contributed by atoms with Crippen molar-refractivity contribution in [2.75, 3.05) is 11.9 Å². The first-order valence-corrected chi connectivity index (χ1v) is 10.9. The van der Waals surface area contributed by atoms with Crippen molar-refractivity contribution in [1.29, 1.82) is 0 Å². The van der Waals surface area contributed by atoms with Gasteiger partial charge < -0.3 is 14.7 Å². The van der Waals surface area contributed by atoms with Crippen molar-refractivity contribution in [3.05, 3.63) is 47.8 Å². The number of H-pyrrole nitrogens is 1. The van der Waals surface area contributed by atoms with Crippen LogP contribution in [0.1, 0.15) is 45.5 Å². The zero-order valence-corrected chi connectivity index (χ0v) is 20.2. The van der Waals surface area contributed by atoms with Gasteiger partial charge in [0.15, 0.2) is 11.9 Å². The molecule has 0 saturated heterocycles. The van der Waals surface area contributed by atoms with E-state index in [1.54, 1.807) is 17.9 Å². The van der Waals surface area contributed by atoms with Crippen LogP contribution in [0.3, 0.4) is 0 Å². The molecule has 0 spiro atoms. The molecule has 36 heavy (non-hydrogen) atoms. The summed E-state index contributed by atoms with van der Waals surface area (Å²) in [5.74, 6) is -0.134. The monoisotopic (exact) mass is 514 g/mol. The Morgan fingerprint density at radius 3 is 2.31 bits per heavy atom. The molecule has 0 bridgehead atoms. The predicted molar refractivity (Wildman–Crippen MR) is 123 cm³/mol. The van der Waals surface area contributed by atoms with Gasteiger partial charge in [-0.3, -0.25) is 10.1 Å². The van der Waals surface area contributed by atoms with Crippen LogP contribution in [0.5, 0.6) is 0 Å². The number of halogens is 3. The maximum absolute atomic E-state index is 12.6. The molecule has 1 aromatic carbocycles. The summed E-state index contributed by atoms with van der Waals surface area (Å²) in [6.45, 7) is 8.19. The highest BCUT2D eigenvalue weighted by Crippen LogP contribution is 2.29. The van der Waals surface area contributed by atoms with Gasteiger partial charge in [0, 0.05) is 18.3 Å². The lowest BCUT2D eigenvalue weighted by atomic mass is 10.0. The van der Waals surface area contributed by atoms with E-state index in [0.29, 0.717) is 18.8 Å². The molecule has 0 aliphatic rings. The number of rotatable bonds is 9. The van der Waals surface area contributed by atoms with Crippen LogP contribution >= 0.6 is 0 Å². The summed E-state index contributed by atoms with van der Waals surface area (Å²) in [6, 6.07) is 3.73. The summed E-state index contributed by atoms with van der Waals surface area (Å²) in [4.78, 5) is 35.9. The lowest BCUT2D eigenvalue weighted by molar-refractivity contribution is -0.157. The van der Waals surface area contributed by atoms with Gasteiger partial charge in [0.25, 0.3) is 5.91 Å². The Morgan fingerprint density at radius 1 is 1.22 bits per heavy atom. The van der Waals surface area contributed by atoms with E-state index in [1.165, 1.54) is 6.08 Å². The van der Waals surface area contributed by atoms with E-state index in [9.17, 15) is 27.6 Å². The van der Waals surface area contributed by atoms with Crippen molar-refractivity contribution in [1.82, 2.24) is 25.5 Å². The normalized spacial score (nSPS) is 12.0. The predicted octanol–water partition coefficient (Wildman–Crippen LogP) is 3.88. The van der Waals surface area contributed by atoms with E-state index in [0.717, 1.165) is 24.3 Å². The number of tetrazole rings is 1. The number of ether oxygens (including phenoxy) is 1. The number of carbonyl (C=O) groups is 3. The number of benzene rings is 1. The zero-order valence-electron chi connectivity index (χ0n) is 20.2. The minimum absolute atomic E-state index is 0.102. The number of esters is 1. The quantitative estimate of drug-likeness (QED) is 0.337. The van der Waals surface area contributed by atoms with Crippen LogP contribution in [0, 0.1) is 5.92 Å². The third-order valence-electron chi connectivity index (χ3n) is 4.40. The smallest absolute Gasteiger partial charge is 0.416 e. The van der Waals surface area contributed by atoms with E-state index in [1.807, 2.05) is 26.1 Å². The molecule has 3 N–H and O–H groups in total. The van der Waals surface area contributed by atoms with E-state index in [2.05, 4.69) is 20.6 Å². The Bertz CT molecular complexity index is 995. The van der Waals surface area contributed by atoms with Crippen LogP contribution in [-0.2, 0) is 27.0 Å². The Morgan fingerprint density at radius 2 is 1.86 bits per heavy atom. The highest BCUT2D eigenvalue weighted by molar-refractivity contribution is 5.87. The molecule has 1 atom stereocenters.